The number of carbonyl (C=O) groups excluding carboxylic acids is 1. The number of nitrogens with zero attached hydrogens (tertiary/aromatic N) is 6. The number of aryl methyl sites for hydroxylation is 1. The second-order valence-electron chi connectivity index (χ2n) is 11.1. The maximum absolute atomic E-state index is 13.7. The second kappa shape index (κ2) is 15.3. The van der Waals surface area contributed by atoms with Crippen LogP contribution in [-0.2, 0) is 20.9 Å². The molecular formula is C31H35F3N8O7S. The number of hydrogen-bond acceptors (Lipinski definition) is 13. The van der Waals surface area contributed by atoms with E-state index in [0.717, 1.165) is 10.7 Å². The molecule has 0 radical (unpaired) electrons. The third-order valence-electron chi connectivity index (χ3n) is 7.59. The van der Waals surface area contributed by atoms with Crippen molar-refractivity contribution in [3.05, 3.63) is 59.7 Å². The Morgan fingerprint density at radius 1 is 0.980 bits per heavy atom. The van der Waals surface area contributed by atoms with Crippen LogP contribution in [0.15, 0.2) is 42.7 Å². The summed E-state index contributed by atoms with van der Waals surface area (Å²) < 4.78 is 91.0. The first-order valence-electron chi connectivity index (χ1n) is 15.2. The highest BCUT2D eigenvalue weighted by atomic mass is 32.2. The van der Waals surface area contributed by atoms with Gasteiger partial charge in [0.05, 0.1) is 40.3 Å². The normalized spacial score (nSPS) is 13.9. The van der Waals surface area contributed by atoms with Crippen LogP contribution in [0.25, 0.3) is 16.9 Å². The minimum absolute atomic E-state index is 0.0230. The molecule has 4 aromatic rings. The predicted molar refractivity (Wildman–Crippen MR) is 175 cm³/mol. The van der Waals surface area contributed by atoms with Crippen LogP contribution in [0.5, 0.6) is 17.4 Å². The van der Waals surface area contributed by atoms with Crippen LogP contribution < -0.4 is 24.2 Å². The number of sulfonamides is 1. The van der Waals surface area contributed by atoms with Crippen molar-refractivity contribution in [1.82, 2.24) is 34.4 Å². The Morgan fingerprint density at radius 3 is 2.30 bits per heavy atom. The van der Waals surface area contributed by atoms with Gasteiger partial charge in [-0.05, 0) is 32.0 Å². The zero-order valence-corrected chi connectivity index (χ0v) is 28.4. The van der Waals surface area contributed by atoms with Gasteiger partial charge >= 0.3 is 6.18 Å². The molecule has 1 aromatic carbocycles. The van der Waals surface area contributed by atoms with Gasteiger partial charge in [0.15, 0.2) is 11.5 Å². The van der Waals surface area contributed by atoms with Crippen molar-refractivity contribution in [3.8, 4) is 34.3 Å². The summed E-state index contributed by atoms with van der Waals surface area (Å²) >= 11 is 0. The summed E-state index contributed by atoms with van der Waals surface area (Å²) in [5, 5.41) is 6.75. The van der Waals surface area contributed by atoms with Crippen LogP contribution in [0.3, 0.4) is 0 Å². The van der Waals surface area contributed by atoms with E-state index in [0.29, 0.717) is 50.0 Å². The zero-order chi connectivity index (χ0) is 36.1. The summed E-state index contributed by atoms with van der Waals surface area (Å²) in [4.78, 5) is 28.4. The quantitative estimate of drug-likeness (QED) is 0.206. The van der Waals surface area contributed by atoms with E-state index in [4.69, 9.17) is 18.9 Å². The topological polar surface area (TPSA) is 172 Å². The number of carbonyl (C=O) groups is 1. The fourth-order valence-corrected chi connectivity index (χ4v) is 6.11. The lowest BCUT2D eigenvalue weighted by molar-refractivity contribution is -0.141. The fourth-order valence-electron chi connectivity index (χ4n) is 5.11. The van der Waals surface area contributed by atoms with Gasteiger partial charge in [-0.2, -0.15) is 23.3 Å². The van der Waals surface area contributed by atoms with E-state index in [1.807, 2.05) is 0 Å². The number of halogens is 3. The molecule has 268 valence electrons. The van der Waals surface area contributed by atoms with Crippen LogP contribution >= 0.6 is 0 Å². The third-order valence-corrected chi connectivity index (χ3v) is 8.92. The Morgan fingerprint density at radius 2 is 1.68 bits per heavy atom. The van der Waals surface area contributed by atoms with Crippen LogP contribution in [0, 0.1) is 6.92 Å². The van der Waals surface area contributed by atoms with Crippen molar-refractivity contribution >= 4 is 27.6 Å². The van der Waals surface area contributed by atoms with Gasteiger partial charge in [0, 0.05) is 66.2 Å². The first kappa shape index (κ1) is 36.3. The van der Waals surface area contributed by atoms with E-state index in [1.54, 1.807) is 18.2 Å². The number of anilines is 2. The molecule has 1 fully saturated rings. The zero-order valence-electron chi connectivity index (χ0n) is 27.6. The molecule has 19 heteroatoms. The number of pyridine rings is 1. The lowest BCUT2D eigenvalue weighted by Crippen LogP contribution is -2.38. The first-order chi connectivity index (χ1) is 23.8. The summed E-state index contributed by atoms with van der Waals surface area (Å²) in [6.07, 6.45) is -1.87. The SMILES string of the molecule is COc1cc(Nc2ncc(-c3cnc(OC)c(C(=O)NS(=O)(=O)CCCN4CCOCC4)c3)c(-n3nc(C(F)(F)F)cc3C)n2)cc(OC)c1. The monoisotopic (exact) mass is 720 g/mol. The summed E-state index contributed by atoms with van der Waals surface area (Å²) in [6, 6.07) is 7.06. The van der Waals surface area contributed by atoms with E-state index in [2.05, 4.69) is 35.0 Å². The number of aromatic nitrogens is 5. The summed E-state index contributed by atoms with van der Waals surface area (Å²) in [7, 11) is 0.141. The molecule has 1 saturated heterocycles. The molecule has 0 atom stereocenters. The van der Waals surface area contributed by atoms with Crippen LogP contribution in [0.1, 0.15) is 28.2 Å². The molecule has 0 unspecified atom stereocenters. The molecule has 2 N–H and O–H groups in total. The number of morpholine rings is 1. The van der Waals surface area contributed by atoms with Gasteiger partial charge in [-0.25, -0.2) is 27.8 Å². The molecule has 50 heavy (non-hydrogen) atoms. The molecular weight excluding hydrogens is 685 g/mol. The molecule has 0 bridgehead atoms. The number of amides is 1. The predicted octanol–water partition coefficient (Wildman–Crippen LogP) is 3.60. The van der Waals surface area contributed by atoms with E-state index in [9.17, 15) is 26.4 Å². The molecule has 5 rings (SSSR count). The molecule has 3 aromatic heterocycles. The maximum atomic E-state index is 13.7. The molecule has 0 spiro atoms. The Balaban J connectivity index is 1.50. The standard InChI is InChI=1S/C31H35F3N8O7S/c1-19-12-26(31(32,33)34)39-42(19)27-25(18-36-30(38-27)37-21-14-22(46-2)16-23(15-21)47-3)20-13-24(29(48-4)35-17-20)28(43)40-50(44,45)11-5-6-41-7-9-49-10-8-41/h12-18H,5-11H2,1-4H3,(H,40,43)(H,36,37,38). The van der Waals surface area contributed by atoms with Gasteiger partial charge in [0.2, 0.25) is 21.9 Å². The molecule has 1 aliphatic rings. The number of alkyl halides is 3. The number of benzene rings is 1. The van der Waals surface area contributed by atoms with Crippen LogP contribution in [0.4, 0.5) is 24.8 Å². The van der Waals surface area contributed by atoms with Crippen molar-refractivity contribution in [2.45, 2.75) is 19.5 Å². The Labute approximate surface area is 285 Å². The van der Waals surface area contributed by atoms with E-state index < -0.39 is 27.8 Å². The Kier molecular flexibility index (Phi) is 11.1. The highest BCUT2D eigenvalue weighted by Crippen LogP contribution is 2.34. The molecule has 0 saturated carbocycles. The van der Waals surface area contributed by atoms with Crippen molar-refractivity contribution in [1.29, 1.82) is 0 Å². The van der Waals surface area contributed by atoms with Gasteiger partial charge in [-0.1, -0.05) is 0 Å². The highest BCUT2D eigenvalue weighted by molar-refractivity contribution is 7.90. The van der Waals surface area contributed by atoms with Crippen molar-refractivity contribution in [2.24, 2.45) is 0 Å². The number of rotatable bonds is 13. The summed E-state index contributed by atoms with van der Waals surface area (Å²) in [5.74, 6) is -0.713. The maximum Gasteiger partial charge on any atom is 0.435 e. The fraction of sp³-hybridized carbons (Fsp3) is 0.387. The van der Waals surface area contributed by atoms with E-state index in [-0.39, 0.29) is 52.2 Å². The largest absolute Gasteiger partial charge is 0.497 e. The number of nitrogens with one attached hydrogen (secondary N) is 2. The molecule has 1 amide bonds. The van der Waals surface area contributed by atoms with Crippen LogP contribution in [0.2, 0.25) is 0 Å². The molecule has 1 aliphatic heterocycles. The van der Waals surface area contributed by atoms with Gasteiger partial charge < -0.3 is 24.3 Å². The third kappa shape index (κ3) is 8.77. The lowest BCUT2D eigenvalue weighted by atomic mass is 10.1. The van der Waals surface area contributed by atoms with Crippen molar-refractivity contribution < 1.29 is 45.3 Å². The first-order valence-corrected chi connectivity index (χ1v) is 16.9. The highest BCUT2D eigenvalue weighted by Gasteiger charge is 2.35. The second-order valence-corrected chi connectivity index (χ2v) is 12.9. The lowest BCUT2D eigenvalue weighted by Gasteiger charge is -2.26. The minimum Gasteiger partial charge on any atom is -0.497 e. The molecule has 4 heterocycles. The number of hydrogen-bond donors (Lipinski definition) is 2. The smallest absolute Gasteiger partial charge is 0.435 e. The summed E-state index contributed by atoms with van der Waals surface area (Å²) in [6.45, 7) is 4.45. The van der Waals surface area contributed by atoms with Gasteiger partial charge in [-0.15, -0.1) is 0 Å². The van der Waals surface area contributed by atoms with E-state index >= 15 is 0 Å². The van der Waals surface area contributed by atoms with Crippen molar-refractivity contribution in [3.63, 3.8) is 0 Å². The van der Waals surface area contributed by atoms with E-state index in [1.165, 1.54) is 46.7 Å². The number of methoxy groups -OCH3 is 3. The molecule has 0 aliphatic carbocycles. The number of ether oxygens (including phenoxy) is 4. The Bertz CT molecular complexity index is 1930. The Hall–Kier alpha value is -5.01. The van der Waals surface area contributed by atoms with Crippen molar-refractivity contribution in [2.75, 3.05) is 65.2 Å². The van der Waals surface area contributed by atoms with Gasteiger partial charge in [-0.3, -0.25) is 9.69 Å². The van der Waals surface area contributed by atoms with Crippen LogP contribution in [-0.4, -0.2) is 104 Å². The summed E-state index contributed by atoms with van der Waals surface area (Å²) in [5.41, 5.74) is -0.576. The van der Waals surface area contributed by atoms with Gasteiger partial charge in [0.1, 0.15) is 17.1 Å². The van der Waals surface area contributed by atoms with Gasteiger partial charge in [0.25, 0.3) is 5.91 Å². The average Bonchev–Trinajstić information content (AvgIpc) is 3.50. The average molecular weight is 721 g/mol. The molecule has 15 nitrogen and oxygen atoms in total. The minimum atomic E-state index is -4.75.